The lowest BCUT2D eigenvalue weighted by atomic mass is 10.0. The number of carbonyl (C=O) groups is 4. The molecule has 18 heteroatoms. The van der Waals surface area contributed by atoms with Crippen LogP contribution in [0.25, 0.3) is 11.1 Å². The average Bonchev–Trinajstić information content (AvgIpc) is 3.99. The molecule has 4 amide bonds. The number of amidine groups is 1. The second kappa shape index (κ2) is 26.7. The van der Waals surface area contributed by atoms with Crippen molar-refractivity contribution in [2.24, 2.45) is 27.2 Å². The summed E-state index contributed by atoms with van der Waals surface area (Å²) in [6.07, 6.45) is 10.6. The van der Waals surface area contributed by atoms with Gasteiger partial charge in [0, 0.05) is 68.3 Å². The standard InChI is InChI=1S/C23H31N5O3.C22H29ClN6O3.CH4/c1-17(24)25-11-5-8-21(23(30)27-28-12-14-31-15-13-28)26-22(29)20-10-9-19(16-20)18-6-3-2-4-7-18;23-18-7-5-15(6-8-18)16-3-4-17(14-16)20(30)27-19(2-1-9-26-22(24)25)21(31)28-29-10-12-32-13-11-29;/h2-4,6-7,9-10,21H,5,8,11-16H2,1H3,(H2,24,25)(H,26,29)(H,27,30);3-8,19H,1-2,9-14H2,(H,27,30)(H,28,31)(H4,24,25,26);1H4. The Morgan fingerprint density at radius 3 is 1.53 bits per heavy atom. The zero-order valence-electron chi connectivity index (χ0n) is 35.8. The molecule has 0 saturated carbocycles. The van der Waals surface area contributed by atoms with E-state index in [0.717, 1.165) is 22.3 Å². The molecule has 2 aliphatic heterocycles. The second-order valence-corrected chi connectivity index (χ2v) is 15.7. The first-order valence-corrected chi connectivity index (χ1v) is 21.6. The van der Waals surface area contributed by atoms with Gasteiger partial charge < -0.3 is 37.3 Å². The Kier molecular flexibility index (Phi) is 21.2. The molecule has 2 fully saturated rings. The Morgan fingerprint density at radius 2 is 1.09 bits per heavy atom. The number of hydrogen-bond acceptors (Lipinski definition) is 10. The second-order valence-electron chi connectivity index (χ2n) is 15.3. The highest BCUT2D eigenvalue weighted by molar-refractivity contribution is 6.30. The van der Waals surface area contributed by atoms with Crippen LogP contribution in [-0.2, 0) is 28.7 Å². The quantitative estimate of drug-likeness (QED) is 0.0652. The number of rotatable bonds is 18. The van der Waals surface area contributed by atoms with E-state index in [4.69, 9.17) is 38.3 Å². The largest absolute Gasteiger partial charge is 0.388 e. The number of morpholine rings is 2. The first-order chi connectivity index (χ1) is 30.4. The van der Waals surface area contributed by atoms with Crippen LogP contribution in [0.3, 0.4) is 0 Å². The van der Waals surface area contributed by atoms with Crippen LogP contribution in [0.2, 0.25) is 5.02 Å². The van der Waals surface area contributed by atoms with Gasteiger partial charge in [0.1, 0.15) is 12.1 Å². The molecule has 64 heavy (non-hydrogen) atoms. The minimum Gasteiger partial charge on any atom is -0.388 e. The Hall–Kier alpha value is -5.85. The molecule has 0 radical (unpaired) electrons. The summed E-state index contributed by atoms with van der Waals surface area (Å²) in [5.41, 5.74) is 27.6. The Labute approximate surface area is 381 Å². The first kappa shape index (κ1) is 50.8. The van der Waals surface area contributed by atoms with Gasteiger partial charge in [0.15, 0.2) is 5.96 Å². The van der Waals surface area contributed by atoms with Crippen molar-refractivity contribution < 1.29 is 28.7 Å². The van der Waals surface area contributed by atoms with Gasteiger partial charge in [-0.05, 0) is 67.0 Å². The number of carbonyl (C=O) groups excluding carboxylic acids is 4. The predicted octanol–water partition coefficient (Wildman–Crippen LogP) is 3.00. The maximum atomic E-state index is 12.9. The van der Waals surface area contributed by atoms with Gasteiger partial charge in [-0.1, -0.05) is 85.8 Å². The molecule has 2 atom stereocenters. The number of hydrazine groups is 2. The molecular weight excluding hydrogens is 838 g/mol. The fourth-order valence-electron chi connectivity index (χ4n) is 6.98. The third-order valence-corrected chi connectivity index (χ3v) is 10.7. The van der Waals surface area contributed by atoms with Crippen LogP contribution in [-0.4, -0.2) is 123 Å². The number of allylic oxidation sites excluding steroid dienone is 6. The lowest BCUT2D eigenvalue weighted by Crippen LogP contribution is -2.55. The number of halogens is 1. The van der Waals surface area contributed by atoms with Gasteiger partial charge in [-0.15, -0.1) is 0 Å². The molecule has 0 spiro atoms. The highest BCUT2D eigenvalue weighted by atomic mass is 35.5. The van der Waals surface area contributed by atoms with Gasteiger partial charge in [0.25, 0.3) is 11.8 Å². The van der Waals surface area contributed by atoms with Crippen LogP contribution in [0.15, 0.2) is 100 Å². The summed E-state index contributed by atoms with van der Waals surface area (Å²) < 4.78 is 10.6. The van der Waals surface area contributed by atoms with Crippen LogP contribution in [0.1, 0.15) is 64.0 Å². The highest BCUT2D eigenvalue weighted by Gasteiger charge is 2.27. The Balaban J connectivity index is 0.000000276. The van der Waals surface area contributed by atoms with Crippen molar-refractivity contribution in [3.05, 3.63) is 106 Å². The summed E-state index contributed by atoms with van der Waals surface area (Å²) in [5, 5.41) is 10.1. The molecular formula is C46H64ClN11O6. The van der Waals surface area contributed by atoms with E-state index in [2.05, 4.69) is 31.5 Å². The van der Waals surface area contributed by atoms with Gasteiger partial charge in [0.05, 0.1) is 32.3 Å². The van der Waals surface area contributed by atoms with Crippen molar-refractivity contribution in [3.63, 3.8) is 0 Å². The molecule has 17 nitrogen and oxygen atoms in total. The topological polar surface area (TPSA) is 244 Å². The number of benzene rings is 2. The number of aliphatic imine (C=N–C) groups is 2. The molecule has 346 valence electrons. The van der Waals surface area contributed by atoms with E-state index >= 15 is 0 Å². The zero-order valence-corrected chi connectivity index (χ0v) is 36.6. The van der Waals surface area contributed by atoms with Crippen molar-refractivity contribution in [1.29, 1.82) is 0 Å². The predicted molar refractivity (Wildman–Crippen MR) is 252 cm³/mol. The van der Waals surface area contributed by atoms with E-state index in [9.17, 15) is 19.2 Å². The molecule has 0 bridgehead atoms. The third kappa shape index (κ3) is 17.0. The monoisotopic (exact) mass is 901 g/mol. The molecule has 2 saturated heterocycles. The van der Waals surface area contributed by atoms with E-state index in [0.29, 0.717) is 126 Å². The lowest BCUT2D eigenvalue weighted by Gasteiger charge is -2.29. The maximum absolute atomic E-state index is 12.9. The molecule has 10 N–H and O–H groups in total. The minimum atomic E-state index is -0.708. The number of guanidine groups is 1. The van der Waals surface area contributed by atoms with Crippen molar-refractivity contribution in [2.45, 2.75) is 65.0 Å². The molecule has 2 aromatic carbocycles. The number of nitrogens with zero attached hydrogens (tertiary/aromatic N) is 4. The van der Waals surface area contributed by atoms with Gasteiger partial charge in [0.2, 0.25) is 11.8 Å². The van der Waals surface area contributed by atoms with E-state index in [1.807, 2.05) is 77.8 Å². The number of ether oxygens (including phenoxy) is 2. The smallest absolute Gasteiger partial charge is 0.256 e. The van der Waals surface area contributed by atoms with Crippen LogP contribution < -0.4 is 38.7 Å². The summed E-state index contributed by atoms with van der Waals surface area (Å²) in [5.74, 6) is -0.473. The van der Waals surface area contributed by atoms with Crippen molar-refractivity contribution >= 4 is 58.2 Å². The van der Waals surface area contributed by atoms with E-state index in [-0.39, 0.29) is 37.0 Å². The van der Waals surface area contributed by atoms with E-state index in [1.54, 1.807) is 18.0 Å². The van der Waals surface area contributed by atoms with Crippen LogP contribution >= 0.6 is 11.6 Å². The molecule has 4 aliphatic rings. The van der Waals surface area contributed by atoms with Crippen molar-refractivity contribution in [3.8, 4) is 0 Å². The van der Waals surface area contributed by atoms with Gasteiger partial charge >= 0.3 is 0 Å². The third-order valence-electron chi connectivity index (χ3n) is 10.4. The Morgan fingerprint density at radius 1 is 0.656 bits per heavy atom. The summed E-state index contributed by atoms with van der Waals surface area (Å²) in [4.78, 5) is 59.7. The number of hydrogen-bond donors (Lipinski definition) is 7. The summed E-state index contributed by atoms with van der Waals surface area (Å²) in [6.45, 7) is 7.31. The van der Waals surface area contributed by atoms with Crippen LogP contribution in [0.4, 0.5) is 0 Å². The average molecular weight is 903 g/mol. The fraction of sp³-hybridized carbons (Fsp3) is 0.435. The van der Waals surface area contributed by atoms with Crippen molar-refractivity contribution in [1.82, 2.24) is 31.5 Å². The molecule has 2 aromatic rings. The lowest BCUT2D eigenvalue weighted by molar-refractivity contribution is -0.133. The SMILES string of the molecule is C.CC(N)=NCCCC(NC(=O)C1=CC=C(c2ccccc2)C1)C(=O)NN1CCOCC1.NC(N)=NCCCC(NC(=O)C1=CC=C(c2ccc(Cl)cc2)C1)C(=O)NN1CCOCC1. The van der Waals surface area contributed by atoms with E-state index in [1.165, 1.54) is 0 Å². The van der Waals surface area contributed by atoms with Crippen molar-refractivity contribution in [2.75, 3.05) is 65.7 Å². The van der Waals surface area contributed by atoms with Gasteiger partial charge in [-0.3, -0.25) is 40.0 Å². The molecule has 0 aromatic heterocycles. The maximum Gasteiger partial charge on any atom is 0.256 e. The summed E-state index contributed by atoms with van der Waals surface area (Å²) in [7, 11) is 0. The molecule has 2 aliphatic carbocycles. The van der Waals surface area contributed by atoms with Gasteiger partial charge in [-0.25, -0.2) is 10.0 Å². The first-order valence-electron chi connectivity index (χ1n) is 21.3. The molecule has 2 heterocycles. The van der Waals surface area contributed by atoms with Crippen LogP contribution in [0.5, 0.6) is 0 Å². The normalized spacial score (nSPS) is 17.4. The minimum absolute atomic E-state index is 0. The molecule has 2 unspecified atom stereocenters. The van der Waals surface area contributed by atoms with E-state index < -0.39 is 12.1 Å². The summed E-state index contributed by atoms with van der Waals surface area (Å²) in [6, 6.07) is 16.1. The number of amides is 4. The highest BCUT2D eigenvalue weighted by Crippen LogP contribution is 2.30. The number of nitrogens with one attached hydrogen (secondary N) is 4. The fourth-order valence-corrected chi connectivity index (χ4v) is 7.11. The number of nitrogens with two attached hydrogens (primary N) is 3. The Bertz CT molecular complexity index is 2050. The van der Waals surface area contributed by atoms with Gasteiger partial charge in [-0.2, -0.15) is 0 Å². The molecule has 6 rings (SSSR count). The summed E-state index contributed by atoms with van der Waals surface area (Å²) >= 11 is 5.96. The zero-order chi connectivity index (χ0) is 45.0. The van der Waals surface area contributed by atoms with Crippen LogP contribution in [0, 0.1) is 0 Å².